The van der Waals surface area contributed by atoms with E-state index in [9.17, 15) is 4.79 Å². The normalized spacial score (nSPS) is 23.5. The van der Waals surface area contributed by atoms with Gasteiger partial charge in [0.05, 0.1) is 35.7 Å². The van der Waals surface area contributed by atoms with E-state index in [4.69, 9.17) is 4.74 Å². The second-order valence-corrected chi connectivity index (χ2v) is 5.55. The number of carbonyl (C=O) groups excluding carboxylic acids is 1. The summed E-state index contributed by atoms with van der Waals surface area (Å²) in [6.07, 6.45) is 0.0522. The van der Waals surface area contributed by atoms with Crippen molar-refractivity contribution in [1.29, 1.82) is 0 Å². The maximum absolute atomic E-state index is 12.6. The molecule has 1 aromatic rings. The molecular formula is C13H18BrN3O2. The Morgan fingerprint density at radius 2 is 2.26 bits per heavy atom. The Labute approximate surface area is 121 Å². The summed E-state index contributed by atoms with van der Waals surface area (Å²) >= 11 is 3.40. The van der Waals surface area contributed by atoms with E-state index in [1.54, 1.807) is 6.07 Å². The number of carbonyl (C=O) groups is 1. The minimum absolute atomic E-state index is 0.0113. The molecule has 104 valence electrons. The number of nitrogens with zero attached hydrogens (tertiary/aromatic N) is 3. The molecule has 0 aliphatic carbocycles. The number of halogens is 1. The van der Waals surface area contributed by atoms with Crippen molar-refractivity contribution in [3.63, 3.8) is 0 Å². The number of hydrogen-bond acceptors (Lipinski definition) is 4. The first-order chi connectivity index (χ1) is 9.02. The molecule has 6 heteroatoms. The average Bonchev–Trinajstić information content (AvgIpc) is 2.41. The zero-order chi connectivity index (χ0) is 14.0. The molecule has 1 aliphatic rings. The number of aryl methyl sites for hydroxylation is 2. The second-order valence-electron chi connectivity index (χ2n) is 4.90. The van der Waals surface area contributed by atoms with Crippen LogP contribution in [-0.4, -0.2) is 51.6 Å². The maximum atomic E-state index is 12.6. The molecule has 0 saturated carbocycles. The van der Waals surface area contributed by atoms with Crippen LogP contribution in [0.25, 0.3) is 0 Å². The molecule has 1 amide bonds. The van der Waals surface area contributed by atoms with Gasteiger partial charge >= 0.3 is 0 Å². The number of alkyl halides is 1. The molecule has 2 rings (SSSR count). The van der Waals surface area contributed by atoms with Crippen LogP contribution in [0.2, 0.25) is 0 Å². The van der Waals surface area contributed by atoms with Crippen molar-refractivity contribution < 1.29 is 9.53 Å². The lowest BCUT2D eigenvalue weighted by molar-refractivity contribution is -0.0362. The van der Waals surface area contributed by atoms with E-state index in [1.165, 1.54) is 0 Å². The summed E-state index contributed by atoms with van der Waals surface area (Å²) in [7, 11) is 0. The van der Waals surface area contributed by atoms with Gasteiger partial charge in [-0.05, 0) is 26.8 Å². The Hall–Kier alpha value is -1.01. The molecule has 0 spiro atoms. The van der Waals surface area contributed by atoms with Crippen LogP contribution in [0.1, 0.15) is 28.7 Å². The Morgan fingerprint density at radius 1 is 1.53 bits per heavy atom. The van der Waals surface area contributed by atoms with Gasteiger partial charge in [-0.25, -0.2) is 0 Å². The van der Waals surface area contributed by atoms with Gasteiger partial charge in [0.1, 0.15) is 0 Å². The molecule has 2 unspecified atom stereocenters. The molecule has 5 nitrogen and oxygen atoms in total. The zero-order valence-electron chi connectivity index (χ0n) is 11.4. The molecular weight excluding hydrogens is 310 g/mol. The molecule has 1 saturated heterocycles. The lowest BCUT2D eigenvalue weighted by atomic mass is 10.1. The largest absolute Gasteiger partial charge is 0.373 e. The van der Waals surface area contributed by atoms with Crippen molar-refractivity contribution in [2.75, 3.05) is 18.5 Å². The van der Waals surface area contributed by atoms with E-state index in [2.05, 4.69) is 26.1 Å². The number of amides is 1. The van der Waals surface area contributed by atoms with E-state index in [-0.39, 0.29) is 18.1 Å². The van der Waals surface area contributed by atoms with E-state index >= 15 is 0 Å². The fourth-order valence-electron chi connectivity index (χ4n) is 2.11. The van der Waals surface area contributed by atoms with E-state index in [1.807, 2.05) is 25.7 Å². The number of hydrogen-bond donors (Lipinski definition) is 0. The molecule has 0 N–H and O–H groups in total. The monoisotopic (exact) mass is 327 g/mol. The highest BCUT2D eigenvalue weighted by Gasteiger charge is 2.30. The van der Waals surface area contributed by atoms with Crippen LogP contribution in [0.5, 0.6) is 0 Å². The van der Waals surface area contributed by atoms with Crippen molar-refractivity contribution in [1.82, 2.24) is 15.1 Å². The predicted molar refractivity (Wildman–Crippen MR) is 75.5 cm³/mol. The molecule has 0 radical (unpaired) electrons. The first-order valence-corrected chi connectivity index (χ1v) is 7.44. The molecule has 1 aliphatic heterocycles. The van der Waals surface area contributed by atoms with Gasteiger partial charge in [-0.3, -0.25) is 4.79 Å². The molecule has 19 heavy (non-hydrogen) atoms. The van der Waals surface area contributed by atoms with Crippen LogP contribution < -0.4 is 0 Å². The number of ether oxygens (including phenoxy) is 1. The van der Waals surface area contributed by atoms with Crippen molar-refractivity contribution in [3.8, 4) is 0 Å². The smallest absolute Gasteiger partial charge is 0.256 e. The highest BCUT2D eigenvalue weighted by atomic mass is 79.9. The van der Waals surface area contributed by atoms with Gasteiger partial charge in [0, 0.05) is 11.9 Å². The van der Waals surface area contributed by atoms with Gasteiger partial charge < -0.3 is 9.64 Å². The van der Waals surface area contributed by atoms with Crippen molar-refractivity contribution in [2.24, 2.45) is 0 Å². The molecule has 1 fully saturated rings. The summed E-state index contributed by atoms with van der Waals surface area (Å²) in [4.78, 5) is 14.5. The molecule has 2 heterocycles. The van der Waals surface area contributed by atoms with Gasteiger partial charge in [0.2, 0.25) is 0 Å². The van der Waals surface area contributed by atoms with Crippen LogP contribution in [0, 0.1) is 13.8 Å². The van der Waals surface area contributed by atoms with Gasteiger partial charge in [0.25, 0.3) is 5.91 Å². The van der Waals surface area contributed by atoms with Crippen LogP contribution in [0.15, 0.2) is 6.07 Å². The topological polar surface area (TPSA) is 55.3 Å². The fourth-order valence-corrected chi connectivity index (χ4v) is 2.51. The third-order valence-corrected chi connectivity index (χ3v) is 3.99. The van der Waals surface area contributed by atoms with Gasteiger partial charge in [-0.1, -0.05) is 15.9 Å². The van der Waals surface area contributed by atoms with Crippen LogP contribution in [-0.2, 0) is 4.74 Å². The average molecular weight is 328 g/mol. The predicted octanol–water partition coefficient (Wildman–Crippen LogP) is 1.72. The summed E-state index contributed by atoms with van der Waals surface area (Å²) in [6, 6.07) is 1.88. The SMILES string of the molecule is Cc1cc(C(=O)N2CC(CBr)OCC2C)c(C)nn1. The van der Waals surface area contributed by atoms with Gasteiger partial charge in [0.15, 0.2) is 0 Å². The lowest BCUT2D eigenvalue weighted by Crippen LogP contribution is -2.51. The van der Waals surface area contributed by atoms with E-state index in [0.29, 0.717) is 24.4 Å². The Bertz CT molecular complexity index is 481. The molecule has 0 bridgehead atoms. The number of aromatic nitrogens is 2. The summed E-state index contributed by atoms with van der Waals surface area (Å²) in [5.74, 6) is 0.0113. The Kier molecular flexibility index (Phi) is 4.52. The molecule has 1 aromatic heterocycles. The van der Waals surface area contributed by atoms with Crippen molar-refractivity contribution >= 4 is 21.8 Å². The van der Waals surface area contributed by atoms with Crippen LogP contribution in [0.3, 0.4) is 0 Å². The van der Waals surface area contributed by atoms with Crippen molar-refractivity contribution in [2.45, 2.75) is 32.9 Å². The zero-order valence-corrected chi connectivity index (χ0v) is 13.0. The summed E-state index contributed by atoms with van der Waals surface area (Å²) in [5, 5.41) is 8.72. The van der Waals surface area contributed by atoms with E-state index in [0.717, 1.165) is 11.0 Å². The third kappa shape index (κ3) is 3.12. The third-order valence-electron chi connectivity index (χ3n) is 3.27. The maximum Gasteiger partial charge on any atom is 0.256 e. The van der Waals surface area contributed by atoms with Crippen molar-refractivity contribution in [3.05, 3.63) is 23.0 Å². The lowest BCUT2D eigenvalue weighted by Gasteiger charge is -2.37. The standard InChI is InChI=1S/C13H18BrN3O2/c1-8-4-12(10(3)16-15-8)13(18)17-6-11(5-14)19-7-9(17)2/h4,9,11H,5-7H2,1-3H3. The molecule has 2 atom stereocenters. The quantitative estimate of drug-likeness (QED) is 0.776. The number of morpholine rings is 1. The van der Waals surface area contributed by atoms with Crippen LogP contribution >= 0.6 is 15.9 Å². The highest BCUT2D eigenvalue weighted by molar-refractivity contribution is 9.09. The first kappa shape index (κ1) is 14.4. The molecule has 0 aromatic carbocycles. The Morgan fingerprint density at radius 3 is 2.95 bits per heavy atom. The van der Waals surface area contributed by atoms with E-state index < -0.39 is 0 Å². The fraction of sp³-hybridized carbons (Fsp3) is 0.615. The second kappa shape index (κ2) is 5.96. The van der Waals surface area contributed by atoms with Crippen LogP contribution in [0.4, 0.5) is 0 Å². The van der Waals surface area contributed by atoms with Gasteiger partial charge in [-0.15, -0.1) is 0 Å². The first-order valence-electron chi connectivity index (χ1n) is 6.32. The van der Waals surface area contributed by atoms with Gasteiger partial charge in [-0.2, -0.15) is 10.2 Å². The summed E-state index contributed by atoms with van der Waals surface area (Å²) in [6.45, 7) is 6.82. The minimum atomic E-state index is 0.0113. The summed E-state index contributed by atoms with van der Waals surface area (Å²) < 4.78 is 5.64. The highest BCUT2D eigenvalue weighted by Crippen LogP contribution is 2.18. The minimum Gasteiger partial charge on any atom is -0.373 e. The number of rotatable bonds is 2. The Balaban J connectivity index is 2.24. The summed E-state index contributed by atoms with van der Waals surface area (Å²) in [5.41, 5.74) is 2.06.